The molecule has 0 radical (unpaired) electrons. The van der Waals surface area contributed by atoms with Crippen LogP contribution in [0.1, 0.15) is 16.8 Å². The largest absolute Gasteiger partial charge is 0.480 e. The molecule has 0 aliphatic heterocycles. The Bertz CT molecular complexity index is 671. The van der Waals surface area contributed by atoms with E-state index in [4.69, 9.17) is 4.74 Å². The molecule has 2 rings (SSSR count). The molecule has 1 heterocycles. The first kappa shape index (κ1) is 14.8. The second-order valence-corrected chi connectivity index (χ2v) is 4.74. The topological polar surface area (TPSA) is 77.3 Å². The first-order chi connectivity index (χ1) is 10.0. The first-order valence-corrected chi connectivity index (χ1v) is 6.53. The van der Waals surface area contributed by atoms with Gasteiger partial charge in [-0.3, -0.25) is 10.1 Å². The van der Waals surface area contributed by atoms with E-state index < -0.39 is 4.92 Å². The molecular formula is C15H17N3O3. The Balaban J connectivity index is 2.25. The molecule has 6 heteroatoms. The molecule has 6 nitrogen and oxygen atoms in total. The van der Waals surface area contributed by atoms with E-state index in [0.717, 1.165) is 16.9 Å². The zero-order chi connectivity index (χ0) is 15.4. The lowest BCUT2D eigenvalue weighted by atomic mass is 10.1. The highest BCUT2D eigenvalue weighted by Gasteiger charge is 2.18. The lowest BCUT2D eigenvalue weighted by Crippen LogP contribution is -2.04. The van der Waals surface area contributed by atoms with Crippen LogP contribution in [0.5, 0.6) is 5.75 Å². The second kappa shape index (κ2) is 6.21. The minimum Gasteiger partial charge on any atom is -0.480 e. The molecule has 0 bridgehead atoms. The van der Waals surface area contributed by atoms with Gasteiger partial charge in [-0.15, -0.1) is 0 Å². The summed E-state index contributed by atoms with van der Waals surface area (Å²) in [6.45, 7) is 3.80. The van der Waals surface area contributed by atoms with Gasteiger partial charge in [0.2, 0.25) is 0 Å². The van der Waals surface area contributed by atoms with Crippen LogP contribution in [0.3, 0.4) is 0 Å². The summed E-state index contributed by atoms with van der Waals surface area (Å²) in [6, 6.07) is 8.88. The summed E-state index contributed by atoms with van der Waals surface area (Å²) in [6.07, 6.45) is 0. The number of ether oxygens (including phenoxy) is 1. The predicted molar refractivity (Wildman–Crippen MR) is 80.7 cm³/mol. The molecular weight excluding hydrogens is 270 g/mol. The summed E-state index contributed by atoms with van der Waals surface area (Å²) in [5.74, 6) is 1.02. The van der Waals surface area contributed by atoms with Gasteiger partial charge in [-0.1, -0.05) is 12.1 Å². The van der Waals surface area contributed by atoms with Crippen LogP contribution in [-0.2, 0) is 6.61 Å². The van der Waals surface area contributed by atoms with Gasteiger partial charge in [0.1, 0.15) is 12.4 Å². The minimum atomic E-state index is -0.424. The zero-order valence-corrected chi connectivity index (χ0v) is 12.2. The fourth-order valence-corrected chi connectivity index (χ4v) is 2.10. The number of pyridine rings is 1. The van der Waals surface area contributed by atoms with Crippen molar-refractivity contribution in [3.8, 4) is 5.75 Å². The molecule has 21 heavy (non-hydrogen) atoms. The number of hydrogen-bond donors (Lipinski definition) is 1. The van der Waals surface area contributed by atoms with Gasteiger partial charge in [0.25, 0.3) is 0 Å². The molecule has 0 atom stereocenters. The number of nitrogens with one attached hydrogen (secondary N) is 1. The normalized spacial score (nSPS) is 10.2. The fourth-order valence-electron chi connectivity index (χ4n) is 2.10. The van der Waals surface area contributed by atoms with E-state index in [9.17, 15) is 10.1 Å². The number of benzene rings is 1. The number of aromatic nitrogens is 1. The molecule has 0 amide bonds. The van der Waals surface area contributed by atoms with Crippen LogP contribution in [0.25, 0.3) is 0 Å². The van der Waals surface area contributed by atoms with E-state index in [1.807, 2.05) is 31.2 Å². The van der Waals surface area contributed by atoms with Gasteiger partial charge in [-0.25, -0.2) is 4.98 Å². The number of hydrogen-bond acceptors (Lipinski definition) is 5. The van der Waals surface area contributed by atoms with Crippen molar-refractivity contribution in [2.75, 3.05) is 12.4 Å². The molecule has 0 saturated carbocycles. The number of nitro groups is 1. The Hall–Kier alpha value is -2.63. The number of nitrogens with zero attached hydrogens (tertiary/aromatic N) is 2. The minimum absolute atomic E-state index is 0.0164. The summed E-state index contributed by atoms with van der Waals surface area (Å²) in [5, 5.41) is 14.1. The highest BCUT2D eigenvalue weighted by atomic mass is 16.6. The van der Waals surface area contributed by atoms with Gasteiger partial charge >= 0.3 is 5.69 Å². The Kier molecular flexibility index (Phi) is 4.37. The number of aryl methyl sites for hydroxylation is 2. The number of nitro benzene ring substituents is 1. The van der Waals surface area contributed by atoms with Gasteiger partial charge in [0.05, 0.1) is 10.6 Å². The zero-order valence-electron chi connectivity index (χ0n) is 12.2. The monoisotopic (exact) mass is 287 g/mol. The van der Waals surface area contributed by atoms with Crippen molar-refractivity contribution in [2.24, 2.45) is 0 Å². The van der Waals surface area contributed by atoms with Crippen molar-refractivity contribution in [3.05, 3.63) is 57.3 Å². The summed E-state index contributed by atoms with van der Waals surface area (Å²) in [4.78, 5) is 15.0. The third-order valence-electron chi connectivity index (χ3n) is 3.02. The summed E-state index contributed by atoms with van der Waals surface area (Å²) in [5.41, 5.74) is 2.27. The van der Waals surface area contributed by atoms with Crippen molar-refractivity contribution in [1.82, 2.24) is 4.98 Å². The molecule has 0 aliphatic carbocycles. The van der Waals surface area contributed by atoms with Gasteiger partial charge in [0.15, 0.2) is 5.75 Å². The smallest absolute Gasteiger partial charge is 0.311 e. The quantitative estimate of drug-likeness (QED) is 0.674. The third-order valence-corrected chi connectivity index (χ3v) is 3.02. The molecule has 0 fully saturated rings. The first-order valence-electron chi connectivity index (χ1n) is 6.53. The molecule has 0 saturated heterocycles. The number of anilines is 1. The van der Waals surface area contributed by atoms with Crippen LogP contribution in [-0.4, -0.2) is 17.0 Å². The van der Waals surface area contributed by atoms with Crippen LogP contribution < -0.4 is 10.1 Å². The van der Waals surface area contributed by atoms with E-state index in [1.54, 1.807) is 14.0 Å². The fraction of sp³-hybridized carbons (Fsp3) is 0.267. The van der Waals surface area contributed by atoms with E-state index in [-0.39, 0.29) is 12.3 Å². The Morgan fingerprint density at radius 1 is 1.33 bits per heavy atom. The molecule has 110 valence electrons. The van der Waals surface area contributed by atoms with Crippen molar-refractivity contribution in [1.29, 1.82) is 0 Å². The van der Waals surface area contributed by atoms with Gasteiger partial charge in [-0.2, -0.15) is 0 Å². The van der Waals surface area contributed by atoms with Gasteiger partial charge in [0, 0.05) is 13.1 Å². The van der Waals surface area contributed by atoms with E-state index >= 15 is 0 Å². The number of rotatable bonds is 5. The standard InChI is InChI=1S/C15H17N3O3/c1-10-7-11(2)15(13(8-10)18(19)20)21-9-12-5-4-6-14(16-3)17-12/h4-8H,9H2,1-3H3,(H,16,17). The lowest BCUT2D eigenvalue weighted by Gasteiger charge is -2.10. The van der Waals surface area contributed by atoms with Crippen LogP contribution in [0.2, 0.25) is 0 Å². The van der Waals surface area contributed by atoms with Crippen LogP contribution in [0.4, 0.5) is 11.5 Å². The Labute approximate surface area is 122 Å². The van der Waals surface area contributed by atoms with Crippen LogP contribution in [0.15, 0.2) is 30.3 Å². The maximum absolute atomic E-state index is 11.1. The molecule has 1 N–H and O–H groups in total. The SMILES string of the molecule is CNc1cccc(COc2c(C)cc(C)cc2[N+](=O)[O-])n1. The van der Waals surface area contributed by atoms with Crippen molar-refractivity contribution in [3.63, 3.8) is 0 Å². The lowest BCUT2D eigenvalue weighted by molar-refractivity contribution is -0.386. The van der Waals surface area contributed by atoms with Gasteiger partial charge < -0.3 is 10.1 Å². The highest BCUT2D eigenvalue weighted by molar-refractivity contribution is 5.53. The second-order valence-electron chi connectivity index (χ2n) is 4.74. The average Bonchev–Trinajstić information content (AvgIpc) is 2.45. The molecule has 2 aromatic rings. The highest BCUT2D eigenvalue weighted by Crippen LogP contribution is 2.32. The maximum Gasteiger partial charge on any atom is 0.311 e. The van der Waals surface area contributed by atoms with E-state index in [1.165, 1.54) is 6.07 Å². The maximum atomic E-state index is 11.1. The third kappa shape index (κ3) is 3.47. The average molecular weight is 287 g/mol. The van der Waals surface area contributed by atoms with Crippen LogP contribution in [0, 0.1) is 24.0 Å². The van der Waals surface area contributed by atoms with Crippen molar-refractivity contribution < 1.29 is 9.66 Å². The Morgan fingerprint density at radius 2 is 2.10 bits per heavy atom. The molecule has 0 spiro atoms. The predicted octanol–water partition coefficient (Wildman–Crippen LogP) is 3.23. The molecule has 0 aliphatic rings. The molecule has 1 aromatic heterocycles. The Morgan fingerprint density at radius 3 is 2.76 bits per heavy atom. The van der Waals surface area contributed by atoms with E-state index in [0.29, 0.717) is 11.4 Å². The summed E-state index contributed by atoms with van der Waals surface area (Å²) >= 11 is 0. The summed E-state index contributed by atoms with van der Waals surface area (Å²) < 4.78 is 5.64. The van der Waals surface area contributed by atoms with Crippen molar-refractivity contribution in [2.45, 2.75) is 20.5 Å². The van der Waals surface area contributed by atoms with E-state index in [2.05, 4.69) is 10.3 Å². The molecule has 1 aromatic carbocycles. The van der Waals surface area contributed by atoms with Crippen molar-refractivity contribution >= 4 is 11.5 Å². The van der Waals surface area contributed by atoms with Crippen LogP contribution >= 0.6 is 0 Å². The summed E-state index contributed by atoms with van der Waals surface area (Å²) in [7, 11) is 1.78. The van der Waals surface area contributed by atoms with Gasteiger partial charge in [-0.05, 0) is 37.1 Å². The molecule has 0 unspecified atom stereocenters.